The smallest absolute Gasteiger partial charge is 0.417 e. The van der Waals surface area contributed by atoms with Gasteiger partial charge in [0, 0.05) is 24.4 Å². The van der Waals surface area contributed by atoms with Gasteiger partial charge in [0.2, 0.25) is 11.8 Å². The van der Waals surface area contributed by atoms with Gasteiger partial charge in [-0.1, -0.05) is 177 Å². The third kappa shape index (κ3) is 10.6. The summed E-state index contributed by atoms with van der Waals surface area (Å²) in [5.41, 5.74) is 8.64. The first-order valence-electron chi connectivity index (χ1n) is 20.2. The Labute approximate surface area is 346 Å². The zero-order valence-corrected chi connectivity index (χ0v) is 33.2. The van der Waals surface area contributed by atoms with Crippen molar-refractivity contribution in [1.82, 2.24) is 9.80 Å². The summed E-state index contributed by atoms with van der Waals surface area (Å²) in [5.74, 6) is -0.490. The second-order valence-corrected chi connectivity index (χ2v) is 15.1. The maximum atomic E-state index is 12.7. The van der Waals surface area contributed by atoms with Crippen molar-refractivity contribution in [2.75, 3.05) is 0 Å². The number of carbonyl (C=O) groups excluding carboxylic acids is 4. The standard InChI is InChI=1S/C26H25NO3.C25H23NO3/c1-19-16-24(17-20-12-14-23(15-13-20)22-10-6-3-7-11-22)27(25(19)28)26(29)30-18-21-8-4-2-5-9-21;27-24-16-15-23(26(24)25(28)29-18-20-7-3-1-4-8-20)17-19-11-13-22(14-12-19)21-9-5-2-6-10-21/h2-15,19,24H,16-18H2,1H3;1-14,23H,15-18H2/t19?,24-;23-/m00/s1. The fourth-order valence-corrected chi connectivity index (χ4v) is 7.68. The molecule has 1 unspecified atom stereocenters. The van der Waals surface area contributed by atoms with Gasteiger partial charge in [-0.2, -0.15) is 0 Å². The van der Waals surface area contributed by atoms with Crippen LogP contribution >= 0.6 is 0 Å². The van der Waals surface area contributed by atoms with E-state index in [1.807, 2.05) is 104 Å². The van der Waals surface area contributed by atoms with Crippen molar-refractivity contribution in [2.45, 2.75) is 64.3 Å². The summed E-state index contributed by atoms with van der Waals surface area (Å²) in [6.45, 7) is 2.20. The minimum absolute atomic E-state index is 0.154. The number of likely N-dealkylation sites (tertiary alicyclic amines) is 2. The van der Waals surface area contributed by atoms with Crippen LogP contribution in [0.2, 0.25) is 0 Å². The van der Waals surface area contributed by atoms with E-state index in [0.29, 0.717) is 32.1 Å². The molecular weight excluding hydrogens is 737 g/mol. The third-order valence-corrected chi connectivity index (χ3v) is 10.8. The monoisotopic (exact) mass is 784 g/mol. The van der Waals surface area contributed by atoms with Crippen LogP contribution in [0.4, 0.5) is 9.59 Å². The summed E-state index contributed by atoms with van der Waals surface area (Å²) in [4.78, 5) is 52.8. The van der Waals surface area contributed by atoms with Crippen molar-refractivity contribution in [3.63, 3.8) is 0 Å². The second-order valence-electron chi connectivity index (χ2n) is 15.1. The van der Waals surface area contributed by atoms with E-state index < -0.39 is 12.2 Å². The van der Waals surface area contributed by atoms with Crippen molar-refractivity contribution in [1.29, 1.82) is 0 Å². The Morgan fingerprint density at radius 1 is 0.492 bits per heavy atom. The van der Waals surface area contributed by atoms with Crippen LogP contribution in [-0.4, -0.2) is 45.9 Å². The fraction of sp³-hybridized carbons (Fsp3) is 0.216. The Kier molecular flexibility index (Phi) is 13.4. The van der Waals surface area contributed by atoms with E-state index in [4.69, 9.17) is 9.47 Å². The molecule has 0 aromatic heterocycles. The van der Waals surface area contributed by atoms with Gasteiger partial charge in [0.15, 0.2) is 0 Å². The van der Waals surface area contributed by atoms with Crippen LogP contribution in [-0.2, 0) is 45.1 Å². The maximum Gasteiger partial charge on any atom is 0.417 e. The zero-order chi connectivity index (χ0) is 41.0. The normalized spacial score (nSPS) is 17.3. The molecule has 3 atom stereocenters. The number of imide groups is 2. The largest absolute Gasteiger partial charge is 0.444 e. The molecule has 2 fully saturated rings. The molecule has 0 aliphatic carbocycles. The van der Waals surface area contributed by atoms with Gasteiger partial charge in [-0.05, 0) is 70.2 Å². The summed E-state index contributed by atoms with van der Waals surface area (Å²) < 4.78 is 10.8. The van der Waals surface area contributed by atoms with Crippen LogP contribution in [0.15, 0.2) is 170 Å². The molecule has 8 nitrogen and oxygen atoms in total. The van der Waals surface area contributed by atoms with E-state index in [2.05, 4.69) is 72.8 Å². The van der Waals surface area contributed by atoms with E-state index in [9.17, 15) is 19.2 Å². The molecule has 59 heavy (non-hydrogen) atoms. The van der Waals surface area contributed by atoms with Gasteiger partial charge in [0.1, 0.15) is 13.2 Å². The minimum Gasteiger partial charge on any atom is -0.444 e. The van der Waals surface area contributed by atoms with E-state index in [1.54, 1.807) is 0 Å². The molecule has 6 aromatic rings. The summed E-state index contributed by atoms with van der Waals surface area (Å²) in [7, 11) is 0. The first-order valence-corrected chi connectivity index (χ1v) is 20.2. The van der Waals surface area contributed by atoms with Crippen LogP contribution in [0.5, 0.6) is 0 Å². The highest BCUT2D eigenvalue weighted by Gasteiger charge is 2.42. The molecule has 0 bridgehead atoms. The number of amides is 4. The molecule has 298 valence electrons. The molecule has 8 rings (SSSR count). The van der Waals surface area contributed by atoms with Gasteiger partial charge in [-0.25, -0.2) is 19.4 Å². The van der Waals surface area contributed by atoms with E-state index in [0.717, 1.165) is 33.4 Å². The molecule has 2 saturated heterocycles. The van der Waals surface area contributed by atoms with E-state index in [-0.39, 0.29) is 43.0 Å². The minimum atomic E-state index is -0.556. The molecule has 0 saturated carbocycles. The third-order valence-electron chi connectivity index (χ3n) is 10.8. The lowest BCUT2D eigenvalue weighted by molar-refractivity contribution is -0.130. The molecule has 4 amide bonds. The average molecular weight is 785 g/mol. The van der Waals surface area contributed by atoms with Crippen molar-refractivity contribution in [3.8, 4) is 22.3 Å². The van der Waals surface area contributed by atoms with E-state index in [1.165, 1.54) is 20.9 Å². The van der Waals surface area contributed by atoms with Crippen molar-refractivity contribution < 1.29 is 28.7 Å². The molecule has 2 aliphatic heterocycles. The number of benzene rings is 6. The number of hydrogen-bond acceptors (Lipinski definition) is 6. The Morgan fingerprint density at radius 2 is 0.881 bits per heavy atom. The predicted molar refractivity (Wildman–Crippen MR) is 229 cm³/mol. The molecule has 2 aliphatic rings. The number of rotatable bonds is 10. The molecule has 0 radical (unpaired) electrons. The highest BCUT2D eigenvalue weighted by molar-refractivity contribution is 5.95. The number of ether oxygens (including phenoxy) is 2. The summed E-state index contributed by atoms with van der Waals surface area (Å²) in [6, 6.07) is 55.7. The topological polar surface area (TPSA) is 93.2 Å². The lowest BCUT2D eigenvalue weighted by atomic mass is 9.98. The van der Waals surface area contributed by atoms with Crippen molar-refractivity contribution >= 4 is 24.0 Å². The van der Waals surface area contributed by atoms with Gasteiger partial charge in [-0.15, -0.1) is 0 Å². The second kappa shape index (κ2) is 19.6. The van der Waals surface area contributed by atoms with Crippen molar-refractivity contribution in [2.24, 2.45) is 5.92 Å². The van der Waals surface area contributed by atoms with Gasteiger partial charge in [0.05, 0.1) is 0 Å². The quantitative estimate of drug-likeness (QED) is 0.137. The molecule has 0 spiro atoms. The highest BCUT2D eigenvalue weighted by Crippen LogP contribution is 2.30. The Balaban J connectivity index is 0.000000179. The average Bonchev–Trinajstić information content (AvgIpc) is 3.79. The molecule has 2 heterocycles. The van der Waals surface area contributed by atoms with Crippen LogP contribution in [0.3, 0.4) is 0 Å². The molecule has 8 heteroatoms. The van der Waals surface area contributed by atoms with Crippen LogP contribution in [0.25, 0.3) is 22.3 Å². The van der Waals surface area contributed by atoms with Crippen LogP contribution in [0, 0.1) is 5.92 Å². The Hall–Kier alpha value is -6.80. The lowest BCUT2D eigenvalue weighted by Gasteiger charge is -2.22. The summed E-state index contributed by atoms with van der Waals surface area (Å²) >= 11 is 0. The molecular formula is C51H48N2O6. The van der Waals surface area contributed by atoms with Gasteiger partial charge < -0.3 is 9.47 Å². The Morgan fingerprint density at radius 3 is 1.34 bits per heavy atom. The SMILES string of the molecule is CC1C[C@@H](Cc2ccc(-c3ccccc3)cc2)N(C(=O)OCc2ccccc2)C1=O.O=C1CC[C@@H](Cc2ccc(-c3ccccc3)cc2)N1C(=O)OCc1ccccc1. The highest BCUT2D eigenvalue weighted by atomic mass is 16.6. The summed E-state index contributed by atoms with van der Waals surface area (Å²) in [5, 5.41) is 0. The molecule has 0 N–H and O–H groups in total. The van der Waals surface area contributed by atoms with Gasteiger partial charge in [0.25, 0.3) is 0 Å². The van der Waals surface area contributed by atoms with Crippen LogP contribution < -0.4 is 0 Å². The first-order chi connectivity index (χ1) is 28.8. The summed E-state index contributed by atoms with van der Waals surface area (Å²) in [6.07, 6.45) is 1.86. The number of nitrogens with zero attached hydrogens (tertiary/aromatic N) is 2. The first kappa shape index (κ1) is 40.4. The Bertz CT molecular complexity index is 2300. The molecule has 6 aromatic carbocycles. The van der Waals surface area contributed by atoms with Crippen molar-refractivity contribution in [3.05, 3.63) is 192 Å². The van der Waals surface area contributed by atoms with Crippen LogP contribution in [0.1, 0.15) is 48.4 Å². The maximum absolute atomic E-state index is 12.7. The number of carbonyl (C=O) groups is 4. The predicted octanol–water partition coefficient (Wildman–Crippen LogP) is 10.7. The fourth-order valence-electron chi connectivity index (χ4n) is 7.68. The van der Waals surface area contributed by atoms with E-state index >= 15 is 0 Å². The van der Waals surface area contributed by atoms with Gasteiger partial charge in [-0.3, -0.25) is 9.59 Å². The lowest BCUT2D eigenvalue weighted by Crippen LogP contribution is -2.40. The van der Waals surface area contributed by atoms with Gasteiger partial charge >= 0.3 is 12.2 Å². The zero-order valence-electron chi connectivity index (χ0n) is 33.2. The number of hydrogen-bond donors (Lipinski definition) is 0.